The number of nitrogens with zero attached hydrogens (tertiary/aromatic N) is 1. The highest BCUT2D eigenvalue weighted by Gasteiger charge is 2.47. The number of rotatable bonds is 8. The van der Waals surface area contributed by atoms with E-state index in [1.54, 1.807) is 24.3 Å². The number of sulfone groups is 1. The third-order valence-electron chi connectivity index (χ3n) is 6.15. The number of fused-ring (bicyclic) bond motifs is 1. The van der Waals surface area contributed by atoms with Crippen LogP contribution in [-0.2, 0) is 31.4 Å². The van der Waals surface area contributed by atoms with Crippen LogP contribution < -0.4 is 4.74 Å². The van der Waals surface area contributed by atoms with Gasteiger partial charge in [-0.25, -0.2) is 8.42 Å². The summed E-state index contributed by atoms with van der Waals surface area (Å²) in [5.74, 6) is -0.555. The van der Waals surface area contributed by atoms with Crippen molar-refractivity contribution in [3.63, 3.8) is 0 Å². The lowest BCUT2D eigenvalue weighted by molar-refractivity contribution is -0.137. The van der Waals surface area contributed by atoms with Gasteiger partial charge in [-0.05, 0) is 75.1 Å². The molecule has 1 fully saturated rings. The molecule has 1 aliphatic heterocycles. The summed E-state index contributed by atoms with van der Waals surface area (Å²) in [6, 6.07) is 14.2. The second kappa shape index (κ2) is 9.23. The van der Waals surface area contributed by atoms with Crippen molar-refractivity contribution in [2.45, 2.75) is 50.5 Å². The number of Topliss-reactive ketones (excluding diaryl/α,β-unsaturated/α-hetero) is 1. The fraction of sp³-hybridized carbons (Fsp3) is 0.385. The zero-order chi connectivity index (χ0) is 23.6. The molecule has 7 heteroatoms. The van der Waals surface area contributed by atoms with E-state index < -0.39 is 27.0 Å². The minimum absolute atomic E-state index is 0.112. The van der Waals surface area contributed by atoms with Crippen LogP contribution in [0.4, 0.5) is 0 Å². The van der Waals surface area contributed by atoms with Crippen molar-refractivity contribution in [1.82, 2.24) is 4.98 Å². The largest absolute Gasteiger partial charge is 0.493 e. The van der Waals surface area contributed by atoms with Gasteiger partial charge in [-0.2, -0.15) is 0 Å². The van der Waals surface area contributed by atoms with Crippen LogP contribution in [-0.4, -0.2) is 38.2 Å². The second-order valence-corrected chi connectivity index (χ2v) is 10.3. The number of ether oxygens (including phenoxy) is 2. The van der Waals surface area contributed by atoms with Crippen LogP contribution in [0.3, 0.4) is 0 Å². The average molecular weight is 468 g/mol. The summed E-state index contributed by atoms with van der Waals surface area (Å²) >= 11 is 0. The number of carbonyl (C=O) groups excluding carboxylic acids is 1. The van der Waals surface area contributed by atoms with Gasteiger partial charge >= 0.3 is 0 Å². The van der Waals surface area contributed by atoms with Gasteiger partial charge in [0.25, 0.3) is 0 Å². The standard InChI is InChI=1S/C26H29NO5S/c1-4-19-11-13-23(31-5-2)21(16-19)26(14-7-15-32-26)25(28)17-33(29,30)24-9-6-8-22-20(24)12-10-18(3)27-22/h6,8-13,16H,4-5,7,14-15,17H2,1-3H3/t26-/m0/s1. The SMILES string of the molecule is CCOc1ccc(CC)cc1[C@]1(C(=O)CS(=O)(=O)c2cccc3nc(C)ccc23)CCCO1. The summed E-state index contributed by atoms with van der Waals surface area (Å²) in [7, 11) is -3.93. The topological polar surface area (TPSA) is 82.6 Å². The molecule has 1 saturated heterocycles. The zero-order valence-corrected chi connectivity index (χ0v) is 20.1. The van der Waals surface area contributed by atoms with Gasteiger partial charge in [0, 0.05) is 23.3 Å². The lowest BCUT2D eigenvalue weighted by Crippen LogP contribution is -2.39. The molecule has 1 aromatic heterocycles. The summed E-state index contributed by atoms with van der Waals surface area (Å²) in [5.41, 5.74) is 1.71. The van der Waals surface area contributed by atoms with Crippen LogP contribution in [0.25, 0.3) is 10.9 Å². The molecule has 33 heavy (non-hydrogen) atoms. The van der Waals surface area contributed by atoms with E-state index in [4.69, 9.17) is 9.47 Å². The predicted octanol–water partition coefficient (Wildman–Crippen LogP) is 4.55. The molecule has 174 valence electrons. The first-order chi connectivity index (χ1) is 15.8. The Morgan fingerprint density at radius 1 is 1.15 bits per heavy atom. The molecule has 0 aliphatic carbocycles. The quantitative estimate of drug-likeness (QED) is 0.483. The van der Waals surface area contributed by atoms with Crippen molar-refractivity contribution in [2.75, 3.05) is 19.0 Å². The number of ketones is 1. The van der Waals surface area contributed by atoms with E-state index in [-0.39, 0.29) is 4.90 Å². The molecule has 2 aromatic carbocycles. The lowest BCUT2D eigenvalue weighted by Gasteiger charge is -2.29. The van der Waals surface area contributed by atoms with Gasteiger partial charge in [0.1, 0.15) is 11.5 Å². The van der Waals surface area contributed by atoms with Crippen LogP contribution in [0.1, 0.15) is 43.5 Å². The number of aryl methyl sites for hydroxylation is 2. The molecular formula is C26H29NO5S. The summed E-state index contributed by atoms with van der Waals surface area (Å²) < 4.78 is 38.8. The Bertz CT molecular complexity index is 1290. The maximum absolute atomic E-state index is 13.7. The fourth-order valence-corrected chi connectivity index (χ4v) is 6.01. The summed E-state index contributed by atoms with van der Waals surface area (Å²) in [5, 5.41) is 0.514. The van der Waals surface area contributed by atoms with E-state index >= 15 is 0 Å². The Labute approximate surface area is 194 Å². The molecule has 2 heterocycles. The number of pyridine rings is 1. The fourth-order valence-electron chi connectivity index (χ4n) is 4.48. The van der Waals surface area contributed by atoms with E-state index in [2.05, 4.69) is 4.98 Å². The van der Waals surface area contributed by atoms with Gasteiger partial charge in [0.2, 0.25) is 0 Å². The Balaban J connectivity index is 1.77. The molecular weight excluding hydrogens is 438 g/mol. The van der Waals surface area contributed by atoms with Gasteiger partial charge in [0.15, 0.2) is 21.2 Å². The Hall–Kier alpha value is -2.77. The number of benzene rings is 2. The van der Waals surface area contributed by atoms with E-state index in [1.807, 2.05) is 39.0 Å². The highest BCUT2D eigenvalue weighted by molar-refractivity contribution is 7.92. The van der Waals surface area contributed by atoms with Gasteiger partial charge in [-0.1, -0.05) is 19.1 Å². The monoisotopic (exact) mass is 467 g/mol. The first-order valence-corrected chi connectivity index (χ1v) is 13.0. The Kier molecular flexibility index (Phi) is 6.54. The van der Waals surface area contributed by atoms with Crippen molar-refractivity contribution < 1.29 is 22.7 Å². The molecule has 4 rings (SSSR count). The highest BCUT2D eigenvalue weighted by Crippen LogP contribution is 2.43. The first kappa shape index (κ1) is 23.4. The smallest absolute Gasteiger partial charge is 0.186 e. The third kappa shape index (κ3) is 4.39. The Morgan fingerprint density at radius 3 is 2.67 bits per heavy atom. The maximum atomic E-state index is 13.7. The van der Waals surface area contributed by atoms with Crippen LogP contribution in [0, 0.1) is 6.92 Å². The Morgan fingerprint density at radius 2 is 1.97 bits per heavy atom. The molecule has 0 radical (unpaired) electrons. The average Bonchev–Trinajstić information content (AvgIpc) is 3.30. The molecule has 1 aliphatic rings. The predicted molar refractivity (Wildman–Crippen MR) is 127 cm³/mol. The minimum Gasteiger partial charge on any atom is -0.493 e. The first-order valence-electron chi connectivity index (χ1n) is 11.3. The van der Waals surface area contributed by atoms with E-state index in [9.17, 15) is 13.2 Å². The van der Waals surface area contributed by atoms with Gasteiger partial charge < -0.3 is 9.47 Å². The maximum Gasteiger partial charge on any atom is 0.186 e. The van der Waals surface area contributed by atoms with Crippen molar-refractivity contribution in [1.29, 1.82) is 0 Å². The second-order valence-electron chi connectivity index (χ2n) is 8.35. The lowest BCUT2D eigenvalue weighted by atomic mass is 9.85. The molecule has 0 unspecified atom stereocenters. The molecule has 1 atom stereocenters. The highest BCUT2D eigenvalue weighted by atomic mass is 32.2. The van der Waals surface area contributed by atoms with Crippen LogP contribution >= 0.6 is 0 Å². The number of hydrogen-bond donors (Lipinski definition) is 0. The number of aromatic nitrogens is 1. The molecule has 0 N–H and O–H groups in total. The van der Waals surface area contributed by atoms with Crippen molar-refractivity contribution in [3.05, 3.63) is 65.4 Å². The number of carbonyl (C=O) groups is 1. The minimum atomic E-state index is -3.93. The normalized spacial score (nSPS) is 18.5. The zero-order valence-electron chi connectivity index (χ0n) is 19.3. The van der Waals surface area contributed by atoms with Gasteiger partial charge in [-0.15, -0.1) is 0 Å². The number of hydrogen-bond acceptors (Lipinski definition) is 6. The molecule has 0 amide bonds. The molecule has 0 bridgehead atoms. The van der Waals surface area contributed by atoms with Gasteiger partial charge in [-0.3, -0.25) is 9.78 Å². The molecule has 6 nitrogen and oxygen atoms in total. The molecule has 0 saturated carbocycles. The summed E-state index contributed by atoms with van der Waals surface area (Å²) in [6.45, 7) is 6.59. The van der Waals surface area contributed by atoms with E-state index in [0.29, 0.717) is 48.3 Å². The van der Waals surface area contributed by atoms with Crippen LogP contribution in [0.15, 0.2) is 53.4 Å². The van der Waals surface area contributed by atoms with Crippen LogP contribution in [0.2, 0.25) is 0 Å². The molecule has 0 spiro atoms. The van der Waals surface area contributed by atoms with E-state index in [0.717, 1.165) is 17.7 Å². The summed E-state index contributed by atoms with van der Waals surface area (Å²) in [6.07, 6.45) is 1.88. The van der Waals surface area contributed by atoms with Crippen LogP contribution in [0.5, 0.6) is 5.75 Å². The van der Waals surface area contributed by atoms with Crippen molar-refractivity contribution >= 4 is 26.5 Å². The molecule has 3 aromatic rings. The van der Waals surface area contributed by atoms with Crippen molar-refractivity contribution in [3.8, 4) is 5.75 Å². The van der Waals surface area contributed by atoms with Crippen molar-refractivity contribution in [2.24, 2.45) is 0 Å². The third-order valence-corrected chi connectivity index (χ3v) is 7.81. The van der Waals surface area contributed by atoms with E-state index in [1.165, 1.54) is 6.07 Å². The summed E-state index contributed by atoms with van der Waals surface area (Å²) in [4.78, 5) is 18.3. The van der Waals surface area contributed by atoms with Gasteiger partial charge in [0.05, 0.1) is 17.0 Å².